The molecule has 2 heterocycles. The molecule has 27 heavy (non-hydrogen) atoms. The minimum absolute atomic E-state index is 0.0602. The number of allylic oxidation sites excluding steroid dienone is 1. The molecule has 0 saturated carbocycles. The Morgan fingerprint density at radius 2 is 2.15 bits per heavy atom. The molecule has 2 aliphatic rings. The van der Waals surface area contributed by atoms with Gasteiger partial charge in [0.1, 0.15) is 12.4 Å². The lowest BCUT2D eigenvalue weighted by Gasteiger charge is -2.39. The van der Waals surface area contributed by atoms with Gasteiger partial charge < -0.3 is 14.2 Å². The van der Waals surface area contributed by atoms with Crippen molar-refractivity contribution in [2.75, 3.05) is 33.2 Å². The van der Waals surface area contributed by atoms with Crippen LogP contribution in [0.25, 0.3) is 0 Å². The summed E-state index contributed by atoms with van der Waals surface area (Å²) in [5.74, 6) is 0.775. The molecule has 0 aliphatic carbocycles. The highest BCUT2D eigenvalue weighted by atomic mass is 32.2. The zero-order valence-electron chi connectivity index (χ0n) is 15.6. The fourth-order valence-corrected chi connectivity index (χ4v) is 4.09. The lowest BCUT2D eigenvalue weighted by atomic mass is 9.94. The Kier molecular flexibility index (Phi) is 6.18. The van der Waals surface area contributed by atoms with Gasteiger partial charge in [0.15, 0.2) is 5.17 Å². The maximum Gasteiger partial charge on any atom is 0.338 e. The van der Waals surface area contributed by atoms with E-state index in [9.17, 15) is 9.59 Å². The molecule has 0 aromatic heterocycles. The Morgan fingerprint density at radius 1 is 1.33 bits per heavy atom. The molecule has 3 rings (SSSR count). The average molecular weight is 390 g/mol. The van der Waals surface area contributed by atoms with Gasteiger partial charge in [0.05, 0.1) is 31.0 Å². The quantitative estimate of drug-likeness (QED) is 0.549. The van der Waals surface area contributed by atoms with Crippen LogP contribution in [-0.2, 0) is 19.1 Å². The number of amidine groups is 1. The lowest BCUT2D eigenvalue weighted by Crippen LogP contribution is -2.45. The van der Waals surface area contributed by atoms with Crippen LogP contribution in [0.2, 0.25) is 0 Å². The van der Waals surface area contributed by atoms with Gasteiger partial charge in [-0.25, -0.2) is 9.79 Å². The maximum absolute atomic E-state index is 12.8. The van der Waals surface area contributed by atoms with Gasteiger partial charge in [0, 0.05) is 19.3 Å². The summed E-state index contributed by atoms with van der Waals surface area (Å²) in [7, 11) is 3.12. The van der Waals surface area contributed by atoms with Crippen LogP contribution in [0.1, 0.15) is 24.9 Å². The third kappa shape index (κ3) is 4.01. The predicted molar refractivity (Wildman–Crippen MR) is 103 cm³/mol. The molecule has 2 aliphatic heterocycles. The number of benzene rings is 1. The van der Waals surface area contributed by atoms with Crippen molar-refractivity contribution in [3.63, 3.8) is 0 Å². The predicted octanol–water partition coefficient (Wildman–Crippen LogP) is 2.54. The number of hydrogen-bond acceptors (Lipinski definition) is 7. The number of methoxy groups -OCH3 is 2. The fourth-order valence-electron chi connectivity index (χ4n) is 3.08. The number of carbonyl (C=O) groups is 2. The summed E-state index contributed by atoms with van der Waals surface area (Å²) in [6.07, 6.45) is 0.398. The second kappa shape index (κ2) is 8.58. The number of thioether (sulfide) groups is 1. The molecule has 0 bridgehead atoms. The molecule has 7 nitrogen and oxygen atoms in total. The lowest BCUT2D eigenvalue weighted by molar-refractivity contribution is -0.141. The average Bonchev–Trinajstić information content (AvgIpc) is 2.67. The first-order valence-corrected chi connectivity index (χ1v) is 9.59. The third-order valence-corrected chi connectivity index (χ3v) is 5.31. The summed E-state index contributed by atoms with van der Waals surface area (Å²) in [5, 5.41) is 0.616. The van der Waals surface area contributed by atoms with Crippen molar-refractivity contribution in [1.82, 2.24) is 4.90 Å². The van der Waals surface area contributed by atoms with Gasteiger partial charge >= 0.3 is 5.97 Å². The standard InChI is InChI=1S/C19H22N2O5S/c1-12-16(18(23)26-9-8-24-2)17(13-5-4-6-14(11-13)25-3)21-15(22)7-10-27-19(21)20-12/h4-6,11,17H,7-10H2,1-3H3/t17-/m0/s1. The van der Waals surface area contributed by atoms with E-state index < -0.39 is 12.0 Å². The summed E-state index contributed by atoms with van der Waals surface area (Å²) >= 11 is 1.52. The molecule has 0 spiro atoms. The van der Waals surface area contributed by atoms with E-state index in [0.29, 0.717) is 41.0 Å². The molecular formula is C19H22N2O5S. The van der Waals surface area contributed by atoms with Crippen LogP contribution in [0.4, 0.5) is 0 Å². The first-order chi connectivity index (χ1) is 13.1. The second-order valence-corrected chi connectivity index (χ2v) is 7.13. The van der Waals surface area contributed by atoms with E-state index in [0.717, 1.165) is 5.56 Å². The molecule has 1 saturated heterocycles. The van der Waals surface area contributed by atoms with E-state index in [4.69, 9.17) is 14.2 Å². The second-order valence-electron chi connectivity index (χ2n) is 6.06. The highest BCUT2D eigenvalue weighted by molar-refractivity contribution is 8.14. The van der Waals surface area contributed by atoms with Crippen molar-refractivity contribution in [3.8, 4) is 5.75 Å². The van der Waals surface area contributed by atoms with Crippen molar-refractivity contribution >= 4 is 28.8 Å². The van der Waals surface area contributed by atoms with Crippen LogP contribution in [0.15, 0.2) is 40.5 Å². The number of aliphatic imine (C=N–C) groups is 1. The Bertz CT molecular complexity index is 805. The first-order valence-electron chi connectivity index (χ1n) is 8.61. The van der Waals surface area contributed by atoms with E-state index in [2.05, 4.69) is 4.99 Å². The number of amides is 1. The zero-order chi connectivity index (χ0) is 19.4. The van der Waals surface area contributed by atoms with Crippen LogP contribution in [0.5, 0.6) is 5.75 Å². The molecule has 1 aromatic carbocycles. The number of ether oxygens (including phenoxy) is 3. The van der Waals surface area contributed by atoms with Gasteiger partial charge in [-0.15, -0.1) is 0 Å². The van der Waals surface area contributed by atoms with Crippen molar-refractivity contribution in [2.24, 2.45) is 4.99 Å². The smallest absolute Gasteiger partial charge is 0.338 e. The molecular weight excluding hydrogens is 368 g/mol. The minimum Gasteiger partial charge on any atom is -0.497 e. The van der Waals surface area contributed by atoms with Crippen molar-refractivity contribution in [2.45, 2.75) is 19.4 Å². The largest absolute Gasteiger partial charge is 0.497 e. The van der Waals surface area contributed by atoms with Gasteiger partial charge in [0.2, 0.25) is 5.91 Å². The molecule has 144 valence electrons. The van der Waals surface area contributed by atoms with Crippen molar-refractivity contribution < 1.29 is 23.8 Å². The van der Waals surface area contributed by atoms with E-state index in [1.165, 1.54) is 18.9 Å². The van der Waals surface area contributed by atoms with Crippen molar-refractivity contribution in [1.29, 1.82) is 0 Å². The maximum atomic E-state index is 12.8. The van der Waals surface area contributed by atoms with Gasteiger partial charge in [-0.2, -0.15) is 0 Å². The summed E-state index contributed by atoms with van der Waals surface area (Å²) in [6.45, 7) is 2.20. The van der Waals surface area contributed by atoms with Crippen LogP contribution in [-0.4, -0.2) is 55.1 Å². The topological polar surface area (TPSA) is 77.4 Å². The molecule has 1 aromatic rings. The van der Waals surface area contributed by atoms with Gasteiger partial charge in [-0.3, -0.25) is 9.69 Å². The Balaban J connectivity index is 2.06. The van der Waals surface area contributed by atoms with Gasteiger partial charge in [-0.1, -0.05) is 23.9 Å². The Labute approximate surface area is 162 Å². The van der Waals surface area contributed by atoms with Crippen LogP contribution >= 0.6 is 11.8 Å². The van der Waals surface area contributed by atoms with Crippen LogP contribution < -0.4 is 4.74 Å². The van der Waals surface area contributed by atoms with E-state index in [-0.39, 0.29) is 12.5 Å². The van der Waals surface area contributed by atoms with E-state index >= 15 is 0 Å². The number of esters is 1. The summed E-state index contributed by atoms with van der Waals surface area (Å²) < 4.78 is 15.6. The highest BCUT2D eigenvalue weighted by Gasteiger charge is 2.41. The Morgan fingerprint density at radius 3 is 2.89 bits per heavy atom. The van der Waals surface area contributed by atoms with E-state index in [1.807, 2.05) is 24.3 Å². The summed E-state index contributed by atoms with van der Waals surface area (Å²) in [5.41, 5.74) is 1.69. The number of nitrogens with zero attached hydrogens (tertiary/aromatic N) is 2. The molecule has 1 fully saturated rings. The number of rotatable bonds is 6. The number of hydrogen-bond donors (Lipinski definition) is 0. The monoisotopic (exact) mass is 390 g/mol. The first kappa shape index (κ1) is 19.4. The molecule has 0 N–H and O–H groups in total. The van der Waals surface area contributed by atoms with Crippen LogP contribution in [0, 0.1) is 0 Å². The van der Waals surface area contributed by atoms with E-state index in [1.54, 1.807) is 18.9 Å². The Hall–Kier alpha value is -2.32. The minimum atomic E-state index is -0.594. The zero-order valence-corrected chi connectivity index (χ0v) is 16.4. The fraction of sp³-hybridized carbons (Fsp3) is 0.421. The number of carbonyl (C=O) groups excluding carboxylic acids is 2. The molecule has 8 heteroatoms. The van der Waals surface area contributed by atoms with Crippen molar-refractivity contribution in [3.05, 3.63) is 41.1 Å². The SMILES string of the molecule is COCCOC(=O)C1=C(C)N=C2SCCC(=O)N2[C@H]1c1cccc(OC)c1. The van der Waals surface area contributed by atoms with Crippen LogP contribution in [0.3, 0.4) is 0 Å². The van der Waals surface area contributed by atoms with Gasteiger partial charge in [0.25, 0.3) is 0 Å². The molecule has 0 unspecified atom stereocenters. The van der Waals surface area contributed by atoms with Gasteiger partial charge in [-0.05, 0) is 24.6 Å². The highest BCUT2D eigenvalue weighted by Crippen LogP contribution is 2.41. The normalized spacial score (nSPS) is 19.5. The number of fused-ring (bicyclic) bond motifs is 1. The third-order valence-electron chi connectivity index (χ3n) is 4.36. The molecule has 1 amide bonds. The summed E-state index contributed by atoms with van der Waals surface area (Å²) in [4.78, 5) is 31.6. The summed E-state index contributed by atoms with van der Waals surface area (Å²) in [6, 6.07) is 6.77. The molecule has 0 radical (unpaired) electrons. The molecule has 1 atom stereocenters.